The Kier molecular flexibility index (Phi) is 10.0. The van der Waals surface area contributed by atoms with Crippen molar-refractivity contribution in [3.05, 3.63) is 100 Å². The Morgan fingerprint density at radius 3 is 2.23 bits per heavy atom. The number of sulfonamides is 1. The molecule has 1 N–H and O–H groups in total. The molecule has 40 heavy (non-hydrogen) atoms. The zero-order chi connectivity index (χ0) is 28.7. The number of halogens is 1. The van der Waals surface area contributed by atoms with E-state index < -0.39 is 28.5 Å². The minimum absolute atomic E-state index is 0.0778. The lowest BCUT2D eigenvalue weighted by molar-refractivity contribution is -0.140. The fraction of sp³-hybridized carbons (Fsp3) is 0.355. The summed E-state index contributed by atoms with van der Waals surface area (Å²) in [6.07, 6.45) is 5.36. The molecule has 0 saturated heterocycles. The van der Waals surface area contributed by atoms with E-state index in [4.69, 9.17) is 0 Å². The third kappa shape index (κ3) is 7.73. The van der Waals surface area contributed by atoms with Crippen molar-refractivity contribution < 1.29 is 18.0 Å². The fourth-order valence-electron chi connectivity index (χ4n) is 5.14. The van der Waals surface area contributed by atoms with Crippen molar-refractivity contribution in [1.82, 2.24) is 10.2 Å². The van der Waals surface area contributed by atoms with Crippen LogP contribution in [0.25, 0.3) is 0 Å². The summed E-state index contributed by atoms with van der Waals surface area (Å²) in [7, 11) is -3.82. The molecule has 0 bridgehead atoms. The predicted octanol–water partition coefficient (Wildman–Crippen LogP) is 5.22. The highest BCUT2D eigenvalue weighted by Crippen LogP contribution is 2.28. The number of nitrogens with one attached hydrogen (secondary N) is 1. The van der Waals surface area contributed by atoms with E-state index in [9.17, 15) is 18.0 Å². The molecule has 1 saturated carbocycles. The first-order valence-corrected chi connectivity index (χ1v) is 16.2. The Morgan fingerprint density at radius 2 is 1.57 bits per heavy atom. The number of nitrogens with zero attached hydrogens (tertiary/aromatic N) is 2. The molecule has 0 radical (unpaired) electrons. The number of hydrogen-bond acceptors (Lipinski definition) is 4. The molecule has 3 aromatic rings. The first-order valence-electron chi connectivity index (χ1n) is 13.5. The van der Waals surface area contributed by atoms with Gasteiger partial charge in [-0.1, -0.05) is 79.6 Å². The van der Waals surface area contributed by atoms with Crippen LogP contribution in [0.5, 0.6) is 0 Å². The van der Waals surface area contributed by atoms with Gasteiger partial charge in [-0.25, -0.2) is 8.42 Å². The molecule has 4 rings (SSSR count). The first-order chi connectivity index (χ1) is 19.1. The van der Waals surface area contributed by atoms with Crippen LogP contribution in [-0.4, -0.2) is 50.0 Å². The molecular formula is C31H36BrN3O4S. The molecule has 0 aromatic heterocycles. The first kappa shape index (κ1) is 29.8. The van der Waals surface area contributed by atoms with Gasteiger partial charge in [-0.2, -0.15) is 0 Å². The van der Waals surface area contributed by atoms with Crippen LogP contribution in [0.3, 0.4) is 0 Å². The average Bonchev–Trinajstić information content (AvgIpc) is 3.43. The number of carbonyl (C=O) groups excluding carboxylic acids is 2. The summed E-state index contributed by atoms with van der Waals surface area (Å²) in [4.78, 5) is 29.6. The Balaban J connectivity index is 1.74. The molecule has 7 nitrogen and oxygen atoms in total. The van der Waals surface area contributed by atoms with Gasteiger partial charge in [0.05, 0.1) is 11.9 Å². The van der Waals surface area contributed by atoms with Crippen LogP contribution in [0.15, 0.2) is 83.3 Å². The molecule has 1 aliphatic carbocycles. The van der Waals surface area contributed by atoms with E-state index in [-0.39, 0.29) is 18.5 Å². The smallest absolute Gasteiger partial charge is 0.244 e. The maximum atomic E-state index is 14.2. The predicted molar refractivity (Wildman–Crippen MR) is 162 cm³/mol. The minimum atomic E-state index is -3.82. The van der Waals surface area contributed by atoms with Crippen LogP contribution >= 0.6 is 15.9 Å². The molecule has 0 spiro atoms. The van der Waals surface area contributed by atoms with E-state index in [1.54, 1.807) is 29.2 Å². The van der Waals surface area contributed by atoms with Crippen molar-refractivity contribution in [2.75, 3.05) is 17.1 Å². The quantitative estimate of drug-likeness (QED) is 0.316. The summed E-state index contributed by atoms with van der Waals surface area (Å²) in [6.45, 7) is 1.71. The van der Waals surface area contributed by atoms with E-state index in [1.165, 1.54) is 0 Å². The minimum Gasteiger partial charge on any atom is -0.352 e. The van der Waals surface area contributed by atoms with Crippen LogP contribution in [0.1, 0.15) is 42.4 Å². The number of rotatable bonds is 11. The molecule has 0 heterocycles. The van der Waals surface area contributed by atoms with Crippen LogP contribution in [-0.2, 0) is 32.6 Å². The van der Waals surface area contributed by atoms with Crippen LogP contribution in [0.4, 0.5) is 5.69 Å². The fourth-order valence-corrected chi connectivity index (χ4v) is 6.62. The molecule has 1 atom stereocenters. The van der Waals surface area contributed by atoms with Crippen LogP contribution in [0, 0.1) is 6.92 Å². The number of amides is 2. The average molecular weight is 627 g/mol. The summed E-state index contributed by atoms with van der Waals surface area (Å²) in [5.74, 6) is -0.670. The summed E-state index contributed by atoms with van der Waals surface area (Å²) in [6, 6.07) is 23.5. The van der Waals surface area contributed by atoms with Gasteiger partial charge in [-0.15, -0.1) is 0 Å². The van der Waals surface area contributed by atoms with Crippen molar-refractivity contribution in [2.45, 2.75) is 57.7 Å². The SMILES string of the molecule is Cc1ccccc1CN(C(=O)CN(c1ccccc1Br)S(C)(=O)=O)C(Cc1ccccc1)C(=O)NC1CCCC1. The van der Waals surface area contributed by atoms with Gasteiger partial charge in [0.15, 0.2) is 0 Å². The monoisotopic (exact) mass is 625 g/mol. The number of carbonyl (C=O) groups is 2. The summed E-state index contributed by atoms with van der Waals surface area (Å²) >= 11 is 3.43. The standard InChI is InChI=1S/C31H36BrN3O4S/c1-23-12-6-7-15-25(23)21-34(30(36)22-35(40(2,38)39)28-19-11-10-18-27(28)32)29(20-24-13-4-3-5-14-24)31(37)33-26-16-8-9-17-26/h3-7,10-15,18-19,26,29H,8-9,16-17,20-22H2,1-2H3,(H,33,37). The van der Waals surface area contributed by atoms with Crippen molar-refractivity contribution >= 4 is 43.5 Å². The van der Waals surface area contributed by atoms with Gasteiger partial charge < -0.3 is 10.2 Å². The largest absolute Gasteiger partial charge is 0.352 e. The molecule has 3 aromatic carbocycles. The Bertz CT molecular complexity index is 1430. The van der Waals surface area contributed by atoms with E-state index in [1.807, 2.05) is 61.5 Å². The lowest BCUT2D eigenvalue weighted by Crippen LogP contribution is -2.54. The van der Waals surface area contributed by atoms with Gasteiger partial charge in [0.2, 0.25) is 21.8 Å². The maximum Gasteiger partial charge on any atom is 0.244 e. The summed E-state index contributed by atoms with van der Waals surface area (Å²) in [5.41, 5.74) is 3.17. The second-order valence-electron chi connectivity index (χ2n) is 10.4. The lowest BCUT2D eigenvalue weighted by atomic mass is 10.0. The van der Waals surface area contributed by atoms with Crippen molar-refractivity contribution in [1.29, 1.82) is 0 Å². The van der Waals surface area contributed by atoms with Gasteiger partial charge in [-0.05, 0) is 64.5 Å². The van der Waals surface area contributed by atoms with E-state index >= 15 is 0 Å². The second-order valence-corrected chi connectivity index (χ2v) is 13.1. The zero-order valence-corrected chi connectivity index (χ0v) is 25.3. The van der Waals surface area contributed by atoms with E-state index in [0.717, 1.165) is 52.9 Å². The highest BCUT2D eigenvalue weighted by molar-refractivity contribution is 9.10. The number of anilines is 1. The number of benzene rings is 3. The third-order valence-corrected chi connectivity index (χ3v) is 9.17. The Labute approximate surface area is 245 Å². The van der Waals surface area contributed by atoms with Crippen molar-refractivity contribution in [3.8, 4) is 0 Å². The molecule has 212 valence electrons. The molecule has 1 fully saturated rings. The highest BCUT2D eigenvalue weighted by atomic mass is 79.9. The molecule has 1 unspecified atom stereocenters. The van der Waals surface area contributed by atoms with E-state index in [0.29, 0.717) is 16.6 Å². The molecular weight excluding hydrogens is 590 g/mol. The zero-order valence-electron chi connectivity index (χ0n) is 22.9. The van der Waals surface area contributed by atoms with E-state index in [2.05, 4.69) is 21.2 Å². The van der Waals surface area contributed by atoms with Gasteiger partial charge >= 0.3 is 0 Å². The molecule has 1 aliphatic rings. The number of hydrogen-bond donors (Lipinski definition) is 1. The van der Waals surface area contributed by atoms with Crippen molar-refractivity contribution in [3.63, 3.8) is 0 Å². The van der Waals surface area contributed by atoms with Gasteiger partial charge in [0.1, 0.15) is 12.6 Å². The van der Waals surface area contributed by atoms with Gasteiger partial charge in [0.25, 0.3) is 0 Å². The lowest BCUT2D eigenvalue weighted by Gasteiger charge is -2.34. The topological polar surface area (TPSA) is 86.8 Å². The molecule has 2 amide bonds. The maximum absolute atomic E-state index is 14.2. The number of aryl methyl sites for hydroxylation is 1. The van der Waals surface area contributed by atoms with Crippen LogP contribution < -0.4 is 9.62 Å². The van der Waals surface area contributed by atoms with Gasteiger partial charge in [0, 0.05) is 23.5 Å². The normalized spacial score (nSPS) is 14.5. The summed E-state index contributed by atoms with van der Waals surface area (Å²) < 4.78 is 27.5. The third-order valence-electron chi connectivity index (χ3n) is 7.37. The van der Waals surface area contributed by atoms with Crippen LogP contribution in [0.2, 0.25) is 0 Å². The van der Waals surface area contributed by atoms with Crippen molar-refractivity contribution in [2.24, 2.45) is 0 Å². The van der Waals surface area contributed by atoms with Gasteiger partial charge in [-0.3, -0.25) is 13.9 Å². The molecule has 9 heteroatoms. The number of para-hydroxylation sites is 1. The summed E-state index contributed by atoms with van der Waals surface area (Å²) in [5, 5.41) is 3.19. The Hall–Kier alpha value is -3.17. The second kappa shape index (κ2) is 13.5. The molecule has 0 aliphatic heterocycles. The Morgan fingerprint density at radius 1 is 0.950 bits per heavy atom. The highest BCUT2D eigenvalue weighted by Gasteiger charge is 2.34.